The molecule has 4 amide bonds. The molecule has 5 atom stereocenters. The van der Waals surface area contributed by atoms with Gasteiger partial charge in [-0.05, 0) is 26.7 Å². The van der Waals surface area contributed by atoms with E-state index in [-0.39, 0.29) is 12.8 Å². The van der Waals surface area contributed by atoms with Crippen molar-refractivity contribution in [3.8, 4) is 0 Å². The summed E-state index contributed by atoms with van der Waals surface area (Å²) in [4.78, 5) is 69.6. The van der Waals surface area contributed by atoms with Crippen LogP contribution in [0.5, 0.6) is 0 Å². The number of primary amides is 1. The molecule has 0 saturated carbocycles. The topological polar surface area (TPSA) is 251 Å². The summed E-state index contributed by atoms with van der Waals surface area (Å²) in [7, 11) is 0. The van der Waals surface area contributed by atoms with Gasteiger partial charge < -0.3 is 42.7 Å². The van der Waals surface area contributed by atoms with Crippen LogP contribution in [-0.4, -0.2) is 81.2 Å². The Labute approximate surface area is 177 Å². The normalized spacial score (nSPS) is 15.5. The second-order valence-corrected chi connectivity index (χ2v) is 6.89. The summed E-state index contributed by atoms with van der Waals surface area (Å²) in [5.41, 5.74) is 10.5. The number of carboxylic acids is 2. The molecule has 0 saturated heterocycles. The number of hydrogen-bond donors (Lipinski definition) is 8. The Morgan fingerprint density at radius 3 is 1.77 bits per heavy atom. The van der Waals surface area contributed by atoms with Crippen LogP contribution in [0.25, 0.3) is 0 Å². The van der Waals surface area contributed by atoms with E-state index < -0.39 is 78.7 Å². The molecule has 176 valence electrons. The summed E-state index contributed by atoms with van der Waals surface area (Å²) >= 11 is 0. The van der Waals surface area contributed by atoms with Gasteiger partial charge in [-0.25, -0.2) is 4.79 Å². The second kappa shape index (κ2) is 13.1. The van der Waals surface area contributed by atoms with Gasteiger partial charge in [-0.2, -0.15) is 0 Å². The molecule has 0 aromatic carbocycles. The van der Waals surface area contributed by atoms with Crippen molar-refractivity contribution in [2.24, 2.45) is 11.5 Å². The van der Waals surface area contributed by atoms with E-state index in [0.717, 1.165) is 0 Å². The van der Waals surface area contributed by atoms with E-state index in [4.69, 9.17) is 21.7 Å². The predicted molar refractivity (Wildman–Crippen MR) is 104 cm³/mol. The Hall–Kier alpha value is -3.26. The first-order chi connectivity index (χ1) is 14.3. The number of amides is 4. The number of carbonyl (C=O) groups is 6. The van der Waals surface area contributed by atoms with Gasteiger partial charge in [0.25, 0.3) is 0 Å². The van der Waals surface area contributed by atoms with Gasteiger partial charge in [-0.1, -0.05) is 0 Å². The lowest BCUT2D eigenvalue weighted by atomic mass is 10.1. The number of nitrogens with one attached hydrogen (secondary N) is 3. The molecule has 0 aromatic rings. The average molecular weight is 447 g/mol. The molecule has 0 spiro atoms. The van der Waals surface area contributed by atoms with Crippen molar-refractivity contribution in [1.82, 2.24) is 16.0 Å². The summed E-state index contributed by atoms with van der Waals surface area (Å²) < 4.78 is 0. The van der Waals surface area contributed by atoms with E-state index in [2.05, 4.69) is 16.0 Å². The van der Waals surface area contributed by atoms with Crippen LogP contribution in [0.3, 0.4) is 0 Å². The molecule has 0 bridgehead atoms. The van der Waals surface area contributed by atoms with Crippen molar-refractivity contribution >= 4 is 35.6 Å². The zero-order chi connectivity index (χ0) is 24.3. The van der Waals surface area contributed by atoms with Crippen LogP contribution in [0.4, 0.5) is 0 Å². The zero-order valence-electron chi connectivity index (χ0n) is 17.2. The highest BCUT2D eigenvalue weighted by molar-refractivity contribution is 5.94. The largest absolute Gasteiger partial charge is 0.481 e. The monoisotopic (exact) mass is 447 g/mol. The van der Waals surface area contributed by atoms with Crippen LogP contribution in [-0.2, 0) is 28.8 Å². The minimum absolute atomic E-state index is 0.272. The molecule has 0 aliphatic carbocycles. The first-order valence-electron chi connectivity index (χ1n) is 9.33. The maximum atomic E-state index is 12.5. The average Bonchev–Trinajstić information content (AvgIpc) is 2.66. The van der Waals surface area contributed by atoms with E-state index in [1.807, 2.05) is 0 Å². The van der Waals surface area contributed by atoms with Crippen LogP contribution in [0.15, 0.2) is 0 Å². The molecule has 0 heterocycles. The van der Waals surface area contributed by atoms with E-state index in [1.165, 1.54) is 13.8 Å². The maximum absolute atomic E-state index is 12.5. The van der Waals surface area contributed by atoms with E-state index in [0.29, 0.717) is 0 Å². The maximum Gasteiger partial charge on any atom is 0.326 e. The number of hydrogen-bond acceptors (Lipinski definition) is 8. The van der Waals surface area contributed by atoms with Crippen molar-refractivity contribution in [3.05, 3.63) is 0 Å². The molecule has 0 radical (unpaired) electrons. The van der Waals surface area contributed by atoms with Crippen LogP contribution in [0.1, 0.15) is 39.5 Å². The van der Waals surface area contributed by atoms with Crippen molar-refractivity contribution in [1.29, 1.82) is 0 Å². The summed E-state index contributed by atoms with van der Waals surface area (Å²) in [6.07, 6.45) is -2.70. The molecule has 0 aromatic heterocycles. The fourth-order valence-electron chi connectivity index (χ4n) is 2.24. The lowest BCUT2D eigenvalue weighted by Gasteiger charge is -2.23. The van der Waals surface area contributed by atoms with Crippen molar-refractivity contribution in [3.63, 3.8) is 0 Å². The van der Waals surface area contributed by atoms with Crippen LogP contribution in [0, 0.1) is 0 Å². The van der Waals surface area contributed by atoms with Gasteiger partial charge in [0, 0.05) is 12.8 Å². The van der Waals surface area contributed by atoms with Gasteiger partial charge in [0.05, 0.1) is 6.10 Å². The van der Waals surface area contributed by atoms with Gasteiger partial charge in [0.1, 0.15) is 24.2 Å². The lowest BCUT2D eigenvalue weighted by molar-refractivity contribution is -0.143. The SMILES string of the molecule is CC(NC(=O)C(N)C(C)O)C(=O)NC(CCC(N)=O)C(=O)NC(CCC(=O)O)C(=O)O. The number of nitrogens with two attached hydrogens (primary N) is 2. The van der Waals surface area contributed by atoms with E-state index in [1.54, 1.807) is 0 Å². The zero-order valence-corrected chi connectivity index (χ0v) is 17.2. The van der Waals surface area contributed by atoms with Gasteiger partial charge in [-0.15, -0.1) is 0 Å². The Kier molecular flexibility index (Phi) is 11.7. The standard InChI is InChI=1S/C17H29N5O9/c1-7(20-16(29)13(19)8(2)23)14(27)21-9(3-5-11(18)24)15(28)22-10(17(30)31)4-6-12(25)26/h7-10,13,23H,3-6,19H2,1-2H3,(H2,18,24)(H,20,29)(H,21,27)(H,22,28)(H,25,26)(H,30,31). The highest BCUT2D eigenvalue weighted by Gasteiger charge is 2.29. The predicted octanol–water partition coefficient (Wildman–Crippen LogP) is -3.62. The summed E-state index contributed by atoms with van der Waals surface area (Å²) in [5.74, 6) is -6.19. The quantitative estimate of drug-likeness (QED) is 0.130. The first-order valence-corrected chi connectivity index (χ1v) is 9.33. The Bertz CT molecular complexity index is 697. The third kappa shape index (κ3) is 10.9. The summed E-state index contributed by atoms with van der Waals surface area (Å²) in [6, 6.07) is -5.42. The number of rotatable bonds is 14. The van der Waals surface area contributed by atoms with E-state index in [9.17, 15) is 33.9 Å². The number of carbonyl (C=O) groups excluding carboxylic acids is 4. The molecule has 0 fully saturated rings. The van der Waals surface area contributed by atoms with Crippen molar-refractivity contribution in [2.75, 3.05) is 0 Å². The molecule has 0 aliphatic heterocycles. The Balaban J connectivity index is 5.22. The third-order valence-corrected chi connectivity index (χ3v) is 4.15. The lowest BCUT2D eigenvalue weighted by Crippen LogP contribution is -2.57. The van der Waals surface area contributed by atoms with Gasteiger partial charge in [0.15, 0.2) is 0 Å². The molecule has 10 N–H and O–H groups in total. The molecule has 0 rings (SSSR count). The Morgan fingerprint density at radius 1 is 0.806 bits per heavy atom. The number of aliphatic hydroxyl groups is 1. The third-order valence-electron chi connectivity index (χ3n) is 4.15. The second-order valence-electron chi connectivity index (χ2n) is 6.89. The molecular weight excluding hydrogens is 418 g/mol. The van der Waals surface area contributed by atoms with Gasteiger partial charge in [0.2, 0.25) is 23.6 Å². The highest BCUT2D eigenvalue weighted by Crippen LogP contribution is 2.03. The first kappa shape index (κ1) is 27.7. The van der Waals surface area contributed by atoms with E-state index >= 15 is 0 Å². The van der Waals surface area contributed by atoms with Crippen molar-refractivity contribution < 1.29 is 44.1 Å². The molecule has 31 heavy (non-hydrogen) atoms. The fourth-order valence-corrected chi connectivity index (χ4v) is 2.24. The minimum Gasteiger partial charge on any atom is -0.481 e. The van der Waals surface area contributed by atoms with Crippen molar-refractivity contribution in [2.45, 2.75) is 69.8 Å². The molecule has 14 nitrogen and oxygen atoms in total. The smallest absolute Gasteiger partial charge is 0.326 e. The van der Waals surface area contributed by atoms with Crippen LogP contribution >= 0.6 is 0 Å². The molecule has 14 heteroatoms. The fraction of sp³-hybridized carbons (Fsp3) is 0.647. The molecule has 0 aliphatic rings. The summed E-state index contributed by atoms with van der Waals surface area (Å²) in [5, 5.41) is 33.8. The number of aliphatic hydroxyl groups excluding tert-OH is 1. The van der Waals surface area contributed by atoms with Gasteiger partial charge >= 0.3 is 11.9 Å². The summed E-state index contributed by atoms with van der Waals surface area (Å²) in [6.45, 7) is 2.56. The minimum atomic E-state index is -1.54. The molecular formula is C17H29N5O9. The number of carboxylic acid groups (broad SMARTS) is 2. The highest BCUT2D eigenvalue weighted by atomic mass is 16.4. The Morgan fingerprint density at radius 2 is 1.32 bits per heavy atom. The molecule has 5 unspecified atom stereocenters. The van der Waals surface area contributed by atoms with Crippen LogP contribution in [0.2, 0.25) is 0 Å². The van der Waals surface area contributed by atoms with Crippen LogP contribution < -0.4 is 27.4 Å². The van der Waals surface area contributed by atoms with Gasteiger partial charge in [-0.3, -0.25) is 24.0 Å². The number of aliphatic carboxylic acids is 2.